The fraction of sp³-hybridized carbons (Fsp3) is 0.143. The fourth-order valence-electron chi connectivity index (χ4n) is 3.15. The summed E-state index contributed by atoms with van der Waals surface area (Å²) in [5.41, 5.74) is 13.6. The molecule has 1 unspecified atom stereocenters. The molecule has 0 aromatic heterocycles. The zero-order valence-electron chi connectivity index (χ0n) is 13.9. The van der Waals surface area contributed by atoms with Gasteiger partial charge in [-0.25, -0.2) is 0 Å². The molecule has 25 heavy (non-hydrogen) atoms. The summed E-state index contributed by atoms with van der Waals surface area (Å²) >= 11 is 0. The van der Waals surface area contributed by atoms with Crippen molar-refractivity contribution in [2.24, 2.45) is 0 Å². The summed E-state index contributed by atoms with van der Waals surface area (Å²) in [6, 6.07) is 17.8. The van der Waals surface area contributed by atoms with Crippen LogP contribution in [0.25, 0.3) is 6.08 Å². The SMILES string of the molecule is Nc1cccc(ON2NC3=C(CCC=C3)C2C=Cc2ccccc2)c1. The summed E-state index contributed by atoms with van der Waals surface area (Å²) in [5.74, 6) is 0.717. The van der Waals surface area contributed by atoms with Crippen molar-refractivity contribution < 1.29 is 4.84 Å². The summed E-state index contributed by atoms with van der Waals surface area (Å²) in [7, 11) is 0. The van der Waals surface area contributed by atoms with Crippen LogP contribution in [0.15, 0.2) is 84.1 Å². The van der Waals surface area contributed by atoms with Crippen molar-refractivity contribution in [1.29, 1.82) is 0 Å². The molecule has 0 amide bonds. The van der Waals surface area contributed by atoms with E-state index in [-0.39, 0.29) is 6.04 Å². The van der Waals surface area contributed by atoms with E-state index in [0.717, 1.165) is 24.3 Å². The number of allylic oxidation sites excluding steroid dienone is 2. The van der Waals surface area contributed by atoms with Gasteiger partial charge >= 0.3 is 0 Å². The quantitative estimate of drug-likeness (QED) is 0.829. The molecule has 0 fully saturated rings. The second kappa shape index (κ2) is 6.87. The van der Waals surface area contributed by atoms with Gasteiger partial charge in [0.1, 0.15) is 6.04 Å². The molecule has 1 aliphatic carbocycles. The molecule has 0 bridgehead atoms. The first-order valence-electron chi connectivity index (χ1n) is 8.52. The molecular formula is C21H21N3O. The van der Waals surface area contributed by atoms with Gasteiger partial charge in [-0.2, -0.15) is 0 Å². The lowest BCUT2D eigenvalue weighted by Gasteiger charge is -2.23. The molecule has 2 aromatic carbocycles. The molecule has 4 rings (SSSR count). The number of hydroxylamine groups is 1. The maximum absolute atomic E-state index is 6.06. The molecule has 0 saturated heterocycles. The molecule has 126 valence electrons. The minimum Gasteiger partial charge on any atom is -0.399 e. The lowest BCUT2D eigenvalue weighted by atomic mass is 9.96. The molecule has 0 saturated carbocycles. The first-order valence-corrected chi connectivity index (χ1v) is 8.52. The van der Waals surface area contributed by atoms with E-state index in [0.29, 0.717) is 5.69 Å². The first-order chi connectivity index (χ1) is 12.3. The first kappa shape index (κ1) is 15.5. The maximum atomic E-state index is 6.06. The summed E-state index contributed by atoms with van der Waals surface area (Å²) in [6.07, 6.45) is 10.7. The van der Waals surface area contributed by atoms with E-state index >= 15 is 0 Å². The van der Waals surface area contributed by atoms with Crippen molar-refractivity contribution >= 4 is 11.8 Å². The van der Waals surface area contributed by atoms with E-state index in [9.17, 15) is 0 Å². The second-order valence-corrected chi connectivity index (χ2v) is 6.20. The van der Waals surface area contributed by atoms with Gasteiger partial charge in [-0.1, -0.05) is 54.6 Å². The Morgan fingerprint density at radius 2 is 2.00 bits per heavy atom. The van der Waals surface area contributed by atoms with E-state index in [1.165, 1.54) is 11.1 Å². The molecule has 2 aliphatic rings. The minimum absolute atomic E-state index is 0.0431. The van der Waals surface area contributed by atoms with Crippen LogP contribution in [0.2, 0.25) is 0 Å². The molecule has 1 aliphatic heterocycles. The number of nitrogens with two attached hydrogens (primary N) is 1. The van der Waals surface area contributed by atoms with Crippen LogP contribution in [0, 0.1) is 0 Å². The molecule has 3 N–H and O–H groups in total. The van der Waals surface area contributed by atoms with E-state index in [4.69, 9.17) is 10.6 Å². The van der Waals surface area contributed by atoms with Gasteiger partial charge in [0.25, 0.3) is 0 Å². The minimum atomic E-state index is 0.0431. The fourth-order valence-corrected chi connectivity index (χ4v) is 3.15. The van der Waals surface area contributed by atoms with E-state index in [1.807, 2.05) is 42.5 Å². The van der Waals surface area contributed by atoms with Crippen molar-refractivity contribution in [3.05, 3.63) is 89.7 Å². The van der Waals surface area contributed by atoms with Crippen molar-refractivity contribution in [2.75, 3.05) is 5.73 Å². The van der Waals surface area contributed by atoms with E-state index < -0.39 is 0 Å². The highest BCUT2D eigenvalue weighted by Gasteiger charge is 2.32. The van der Waals surface area contributed by atoms with Crippen LogP contribution in [0.4, 0.5) is 5.69 Å². The van der Waals surface area contributed by atoms with Gasteiger partial charge in [0.2, 0.25) is 0 Å². The van der Waals surface area contributed by atoms with Gasteiger partial charge in [-0.15, -0.1) is 0 Å². The smallest absolute Gasteiger partial charge is 0.152 e. The highest BCUT2D eigenvalue weighted by molar-refractivity contribution is 5.52. The van der Waals surface area contributed by atoms with Crippen molar-refractivity contribution in [3.63, 3.8) is 0 Å². The molecular weight excluding hydrogens is 310 g/mol. The number of nitrogens with zero attached hydrogens (tertiary/aromatic N) is 1. The summed E-state index contributed by atoms with van der Waals surface area (Å²) in [4.78, 5) is 6.06. The van der Waals surface area contributed by atoms with Gasteiger partial charge in [-0.05, 0) is 47.4 Å². The number of hydrazine groups is 1. The molecule has 4 heteroatoms. The number of hydrogen-bond donors (Lipinski definition) is 2. The predicted octanol–water partition coefficient (Wildman–Crippen LogP) is 4.07. The van der Waals surface area contributed by atoms with Crippen molar-refractivity contribution in [2.45, 2.75) is 18.9 Å². The molecule has 2 aromatic rings. The third-order valence-electron chi connectivity index (χ3n) is 4.38. The van der Waals surface area contributed by atoms with Gasteiger partial charge < -0.3 is 10.6 Å². The molecule has 1 heterocycles. The normalized spacial score (nSPS) is 19.9. The van der Waals surface area contributed by atoms with Crippen LogP contribution in [0.5, 0.6) is 5.75 Å². The Balaban J connectivity index is 1.59. The van der Waals surface area contributed by atoms with E-state index in [1.54, 1.807) is 5.17 Å². The Morgan fingerprint density at radius 1 is 1.12 bits per heavy atom. The maximum Gasteiger partial charge on any atom is 0.152 e. The van der Waals surface area contributed by atoms with Crippen molar-refractivity contribution in [1.82, 2.24) is 10.6 Å². The largest absolute Gasteiger partial charge is 0.399 e. The highest BCUT2D eigenvalue weighted by atomic mass is 16.7. The summed E-state index contributed by atoms with van der Waals surface area (Å²) in [5, 5.41) is 1.80. The number of benzene rings is 2. The van der Waals surface area contributed by atoms with E-state index in [2.05, 4.69) is 41.9 Å². The Labute approximate surface area is 147 Å². The van der Waals surface area contributed by atoms with Crippen LogP contribution in [-0.4, -0.2) is 11.2 Å². The second-order valence-electron chi connectivity index (χ2n) is 6.20. The molecule has 4 nitrogen and oxygen atoms in total. The molecule has 0 spiro atoms. The average Bonchev–Trinajstić information content (AvgIpc) is 2.98. The monoisotopic (exact) mass is 331 g/mol. The molecule has 0 radical (unpaired) electrons. The van der Waals surface area contributed by atoms with Crippen LogP contribution in [0.1, 0.15) is 18.4 Å². The van der Waals surface area contributed by atoms with Gasteiger partial charge in [0, 0.05) is 11.8 Å². The van der Waals surface area contributed by atoms with Crippen LogP contribution < -0.4 is 16.0 Å². The number of rotatable bonds is 4. The van der Waals surface area contributed by atoms with Crippen molar-refractivity contribution in [3.8, 4) is 5.75 Å². The Hall–Kier alpha value is -2.98. The highest BCUT2D eigenvalue weighted by Crippen LogP contribution is 2.31. The number of nitrogens with one attached hydrogen (secondary N) is 1. The Bertz CT molecular complexity index is 839. The third-order valence-corrected chi connectivity index (χ3v) is 4.38. The van der Waals surface area contributed by atoms with Crippen LogP contribution >= 0.6 is 0 Å². The lowest BCUT2D eigenvalue weighted by molar-refractivity contribution is -0.0961. The number of hydrogen-bond acceptors (Lipinski definition) is 4. The summed E-state index contributed by atoms with van der Waals surface area (Å²) < 4.78 is 0. The predicted molar refractivity (Wildman–Crippen MR) is 101 cm³/mol. The molecule has 1 atom stereocenters. The van der Waals surface area contributed by atoms with Crippen LogP contribution in [0.3, 0.4) is 0 Å². The Kier molecular flexibility index (Phi) is 4.27. The van der Waals surface area contributed by atoms with Gasteiger partial charge in [-0.3, -0.25) is 5.43 Å². The standard InChI is InChI=1S/C21H21N3O/c22-17-9-6-10-18(15-17)25-24-21(14-13-16-7-2-1-3-8-16)19-11-4-5-12-20(19)23-24/h1-3,5-10,12-15,21,23H,4,11,22H2. The average molecular weight is 331 g/mol. The van der Waals surface area contributed by atoms with Gasteiger partial charge in [0.05, 0.1) is 5.70 Å². The zero-order chi connectivity index (χ0) is 17.1. The third kappa shape index (κ3) is 3.44. The zero-order valence-corrected chi connectivity index (χ0v) is 13.9. The summed E-state index contributed by atoms with van der Waals surface area (Å²) in [6.45, 7) is 0. The lowest BCUT2D eigenvalue weighted by Crippen LogP contribution is -2.41. The Morgan fingerprint density at radius 3 is 2.84 bits per heavy atom. The number of anilines is 1. The van der Waals surface area contributed by atoms with Gasteiger partial charge in [0.15, 0.2) is 5.75 Å². The number of nitrogen functional groups attached to an aromatic ring is 1. The topological polar surface area (TPSA) is 50.5 Å². The van der Waals surface area contributed by atoms with Crippen LogP contribution in [-0.2, 0) is 0 Å².